The van der Waals surface area contributed by atoms with E-state index in [2.05, 4.69) is 9.62 Å². The first-order chi connectivity index (χ1) is 12.4. The Bertz CT molecular complexity index is 848. The molecule has 1 aliphatic rings. The number of ether oxygens (including phenoxy) is 1. The van der Waals surface area contributed by atoms with E-state index in [1.54, 1.807) is 6.92 Å². The van der Waals surface area contributed by atoms with E-state index in [-0.39, 0.29) is 11.4 Å². The van der Waals surface area contributed by atoms with Crippen molar-refractivity contribution in [2.45, 2.75) is 24.9 Å². The zero-order valence-corrected chi connectivity index (χ0v) is 15.6. The minimum absolute atomic E-state index is 0.0698. The summed E-state index contributed by atoms with van der Waals surface area (Å²) in [5.74, 6) is -0.417. The lowest BCUT2D eigenvalue weighted by Gasteiger charge is -2.26. The number of halogens is 1. The Balaban J connectivity index is 1.59. The smallest absolute Gasteiger partial charge is 0.240 e. The molecule has 0 unspecified atom stereocenters. The third-order valence-electron chi connectivity index (χ3n) is 4.44. The topological polar surface area (TPSA) is 58.6 Å². The van der Waals surface area contributed by atoms with Crippen LogP contribution >= 0.6 is 0 Å². The largest absolute Gasteiger partial charge is 0.379 e. The van der Waals surface area contributed by atoms with Crippen LogP contribution in [0.4, 0.5) is 4.39 Å². The minimum Gasteiger partial charge on any atom is -0.379 e. The summed E-state index contributed by atoms with van der Waals surface area (Å²) in [6.07, 6.45) is 0. The van der Waals surface area contributed by atoms with E-state index in [9.17, 15) is 12.8 Å². The van der Waals surface area contributed by atoms with Crippen molar-refractivity contribution in [3.63, 3.8) is 0 Å². The van der Waals surface area contributed by atoms with Gasteiger partial charge in [0.1, 0.15) is 5.82 Å². The van der Waals surface area contributed by atoms with Gasteiger partial charge in [-0.05, 0) is 41.8 Å². The van der Waals surface area contributed by atoms with E-state index >= 15 is 0 Å². The average Bonchev–Trinajstić information content (AvgIpc) is 2.64. The summed E-state index contributed by atoms with van der Waals surface area (Å²) < 4.78 is 45.9. The molecule has 0 saturated carbocycles. The SMILES string of the molecule is Cc1cc(S(=O)(=O)NCc2ccc(CN3CCOCC3)cc2)ccc1F. The van der Waals surface area contributed by atoms with E-state index < -0.39 is 15.8 Å². The number of nitrogens with one attached hydrogen (secondary N) is 1. The van der Waals surface area contributed by atoms with E-state index in [0.717, 1.165) is 38.4 Å². The van der Waals surface area contributed by atoms with Crippen LogP contribution in [0.5, 0.6) is 0 Å². The number of benzene rings is 2. The third kappa shape index (κ3) is 4.88. The van der Waals surface area contributed by atoms with Crippen LogP contribution in [0, 0.1) is 12.7 Å². The van der Waals surface area contributed by atoms with E-state index in [4.69, 9.17) is 4.74 Å². The standard InChI is InChI=1S/C19H23FN2O3S/c1-15-12-18(6-7-19(15)20)26(23,24)21-13-16-2-4-17(5-3-16)14-22-8-10-25-11-9-22/h2-7,12,21H,8-11,13-14H2,1H3. The van der Waals surface area contributed by atoms with Crippen molar-refractivity contribution in [1.82, 2.24) is 9.62 Å². The molecule has 0 spiro atoms. The molecule has 26 heavy (non-hydrogen) atoms. The van der Waals surface area contributed by atoms with Gasteiger partial charge in [0.2, 0.25) is 10.0 Å². The number of hydrogen-bond acceptors (Lipinski definition) is 4. The van der Waals surface area contributed by atoms with Gasteiger partial charge in [0.15, 0.2) is 0 Å². The Morgan fingerprint density at radius 2 is 1.73 bits per heavy atom. The summed E-state index contributed by atoms with van der Waals surface area (Å²) in [6.45, 7) is 5.99. The van der Waals surface area contributed by atoms with Crippen LogP contribution in [0.25, 0.3) is 0 Å². The molecule has 1 saturated heterocycles. The second-order valence-electron chi connectivity index (χ2n) is 6.44. The molecule has 2 aromatic rings. The highest BCUT2D eigenvalue weighted by atomic mass is 32.2. The fraction of sp³-hybridized carbons (Fsp3) is 0.368. The summed E-state index contributed by atoms with van der Waals surface area (Å²) in [7, 11) is -3.67. The Labute approximate surface area is 153 Å². The molecule has 140 valence electrons. The summed E-state index contributed by atoms with van der Waals surface area (Å²) in [4.78, 5) is 2.40. The zero-order valence-electron chi connectivity index (χ0n) is 14.7. The summed E-state index contributed by atoms with van der Waals surface area (Å²) in [5.41, 5.74) is 2.37. The normalized spacial score (nSPS) is 15.9. The first-order valence-corrected chi connectivity index (χ1v) is 10.1. The second kappa shape index (κ2) is 8.26. The maximum atomic E-state index is 13.3. The zero-order chi connectivity index (χ0) is 18.6. The van der Waals surface area contributed by atoms with Crippen LogP contribution < -0.4 is 4.72 Å². The monoisotopic (exact) mass is 378 g/mol. The summed E-state index contributed by atoms with van der Waals surface area (Å²) in [6, 6.07) is 11.7. The quantitative estimate of drug-likeness (QED) is 0.839. The fourth-order valence-corrected chi connectivity index (χ4v) is 3.93. The second-order valence-corrected chi connectivity index (χ2v) is 8.21. The van der Waals surface area contributed by atoms with Crippen LogP contribution in [0.3, 0.4) is 0 Å². The molecule has 0 atom stereocenters. The summed E-state index contributed by atoms with van der Waals surface area (Å²) >= 11 is 0. The van der Waals surface area contributed by atoms with Gasteiger partial charge in [-0.2, -0.15) is 0 Å². The average molecular weight is 378 g/mol. The number of hydrogen-bond donors (Lipinski definition) is 1. The molecule has 1 heterocycles. The molecule has 7 heteroatoms. The van der Waals surface area contributed by atoms with Crippen molar-refractivity contribution >= 4 is 10.0 Å². The van der Waals surface area contributed by atoms with Gasteiger partial charge in [-0.15, -0.1) is 0 Å². The molecule has 1 aliphatic heterocycles. The predicted octanol–water partition coefficient (Wildman–Crippen LogP) is 2.44. The maximum Gasteiger partial charge on any atom is 0.240 e. The molecule has 0 bridgehead atoms. The molecular weight excluding hydrogens is 355 g/mol. The molecule has 1 N–H and O–H groups in total. The molecular formula is C19H23FN2O3S. The van der Waals surface area contributed by atoms with Crippen LogP contribution in [0.2, 0.25) is 0 Å². The first kappa shape index (κ1) is 19.0. The Kier molecular flexibility index (Phi) is 6.03. The molecule has 0 aromatic heterocycles. The van der Waals surface area contributed by atoms with Crippen molar-refractivity contribution in [1.29, 1.82) is 0 Å². The van der Waals surface area contributed by atoms with Gasteiger partial charge in [-0.1, -0.05) is 24.3 Å². The highest BCUT2D eigenvalue weighted by Gasteiger charge is 2.15. The highest BCUT2D eigenvalue weighted by Crippen LogP contribution is 2.15. The van der Waals surface area contributed by atoms with Crippen molar-refractivity contribution < 1.29 is 17.5 Å². The van der Waals surface area contributed by atoms with Gasteiger partial charge in [-0.3, -0.25) is 4.90 Å². The molecule has 0 radical (unpaired) electrons. The van der Waals surface area contributed by atoms with Crippen LogP contribution in [0.15, 0.2) is 47.4 Å². The van der Waals surface area contributed by atoms with Crippen LogP contribution in [0.1, 0.15) is 16.7 Å². The molecule has 3 rings (SSSR count). The molecule has 0 aliphatic carbocycles. The van der Waals surface area contributed by atoms with Crippen molar-refractivity contribution in [2.24, 2.45) is 0 Å². The van der Waals surface area contributed by atoms with Crippen molar-refractivity contribution in [3.05, 3.63) is 65.0 Å². The van der Waals surface area contributed by atoms with Gasteiger partial charge in [-0.25, -0.2) is 17.5 Å². The number of rotatable bonds is 6. The Morgan fingerprint density at radius 1 is 1.08 bits per heavy atom. The lowest BCUT2D eigenvalue weighted by atomic mass is 10.1. The number of nitrogens with zero attached hydrogens (tertiary/aromatic N) is 1. The fourth-order valence-electron chi connectivity index (χ4n) is 2.83. The lowest BCUT2D eigenvalue weighted by molar-refractivity contribution is 0.0342. The predicted molar refractivity (Wildman–Crippen MR) is 97.7 cm³/mol. The Hall–Kier alpha value is -1.80. The molecule has 1 fully saturated rings. The number of aryl methyl sites for hydroxylation is 1. The van der Waals surface area contributed by atoms with Gasteiger partial charge in [0.25, 0.3) is 0 Å². The van der Waals surface area contributed by atoms with E-state index in [1.807, 2.05) is 24.3 Å². The summed E-state index contributed by atoms with van der Waals surface area (Å²) in [5, 5.41) is 0. The van der Waals surface area contributed by atoms with Gasteiger partial charge in [0, 0.05) is 26.2 Å². The van der Waals surface area contributed by atoms with Crippen molar-refractivity contribution in [2.75, 3.05) is 26.3 Å². The van der Waals surface area contributed by atoms with Crippen LogP contribution in [-0.2, 0) is 27.8 Å². The van der Waals surface area contributed by atoms with Crippen molar-refractivity contribution in [3.8, 4) is 0 Å². The van der Waals surface area contributed by atoms with Crippen LogP contribution in [-0.4, -0.2) is 39.6 Å². The van der Waals surface area contributed by atoms with Gasteiger partial charge < -0.3 is 4.74 Å². The maximum absolute atomic E-state index is 13.3. The van der Waals surface area contributed by atoms with E-state index in [1.165, 1.54) is 23.8 Å². The molecule has 2 aromatic carbocycles. The highest BCUT2D eigenvalue weighted by molar-refractivity contribution is 7.89. The minimum atomic E-state index is -3.67. The lowest BCUT2D eigenvalue weighted by Crippen LogP contribution is -2.35. The number of morpholine rings is 1. The van der Waals surface area contributed by atoms with E-state index in [0.29, 0.717) is 5.56 Å². The first-order valence-electron chi connectivity index (χ1n) is 8.58. The molecule has 5 nitrogen and oxygen atoms in total. The van der Waals surface area contributed by atoms with Gasteiger partial charge >= 0.3 is 0 Å². The number of sulfonamides is 1. The van der Waals surface area contributed by atoms with Gasteiger partial charge in [0.05, 0.1) is 18.1 Å². The molecule has 0 amide bonds. The third-order valence-corrected chi connectivity index (χ3v) is 5.84. The Morgan fingerprint density at radius 3 is 2.38 bits per heavy atom.